The van der Waals surface area contributed by atoms with Gasteiger partial charge in [0.15, 0.2) is 11.5 Å². The maximum absolute atomic E-state index is 13.1. The van der Waals surface area contributed by atoms with Crippen LogP contribution in [-0.4, -0.2) is 27.4 Å². The van der Waals surface area contributed by atoms with Gasteiger partial charge in [0.2, 0.25) is 11.8 Å². The number of para-hydroxylation sites is 2. The molecule has 0 saturated carbocycles. The highest BCUT2D eigenvalue weighted by Gasteiger charge is 2.18. The summed E-state index contributed by atoms with van der Waals surface area (Å²) in [6.45, 7) is 6.20. The number of nitrogens with one attached hydrogen (secondary N) is 1. The molecule has 7 heteroatoms. The average Bonchev–Trinajstić information content (AvgIpc) is 3.24. The summed E-state index contributed by atoms with van der Waals surface area (Å²) in [6.07, 6.45) is 3.70. The van der Waals surface area contributed by atoms with Crippen molar-refractivity contribution in [2.24, 2.45) is 0 Å². The van der Waals surface area contributed by atoms with Crippen LogP contribution in [0.3, 0.4) is 0 Å². The summed E-state index contributed by atoms with van der Waals surface area (Å²) >= 11 is 0. The van der Waals surface area contributed by atoms with Gasteiger partial charge in [-0.2, -0.15) is 0 Å². The number of rotatable bonds is 7. The van der Waals surface area contributed by atoms with Crippen molar-refractivity contribution in [3.63, 3.8) is 0 Å². The van der Waals surface area contributed by atoms with Gasteiger partial charge in [-0.1, -0.05) is 24.3 Å². The van der Waals surface area contributed by atoms with Crippen LogP contribution in [0.25, 0.3) is 16.9 Å². The Morgan fingerprint density at radius 2 is 1.76 bits per heavy atom. The summed E-state index contributed by atoms with van der Waals surface area (Å²) in [7, 11) is 1.59. The van der Waals surface area contributed by atoms with Gasteiger partial charge in [-0.05, 0) is 73.9 Å². The smallest absolute Gasteiger partial charge is 0.230 e. The molecule has 0 bridgehead atoms. The molecule has 186 valence electrons. The number of ether oxygens (including phenoxy) is 2. The molecule has 0 spiro atoms. The van der Waals surface area contributed by atoms with Gasteiger partial charge in [0, 0.05) is 17.8 Å². The molecule has 37 heavy (non-hydrogen) atoms. The molecule has 0 aliphatic carbocycles. The quantitative estimate of drug-likeness (QED) is 0.288. The molecule has 5 rings (SSSR count). The van der Waals surface area contributed by atoms with Crippen molar-refractivity contribution in [3.05, 3.63) is 102 Å². The number of hydrogen-bond donors (Lipinski definition) is 1. The van der Waals surface area contributed by atoms with E-state index in [9.17, 15) is 4.79 Å². The van der Waals surface area contributed by atoms with Gasteiger partial charge in [-0.15, -0.1) is 0 Å². The monoisotopic (exact) mass is 492 g/mol. The van der Waals surface area contributed by atoms with Crippen LogP contribution in [0.5, 0.6) is 17.4 Å². The summed E-state index contributed by atoms with van der Waals surface area (Å²) in [5.41, 5.74) is 7.54. The van der Waals surface area contributed by atoms with Gasteiger partial charge in [0.05, 0.1) is 36.8 Å². The van der Waals surface area contributed by atoms with Gasteiger partial charge in [0.1, 0.15) is 5.65 Å². The lowest BCUT2D eigenvalue weighted by molar-refractivity contribution is -0.115. The Bertz CT molecular complexity index is 1590. The third-order valence-electron chi connectivity index (χ3n) is 6.29. The van der Waals surface area contributed by atoms with Gasteiger partial charge in [-0.3, -0.25) is 4.79 Å². The van der Waals surface area contributed by atoms with Crippen molar-refractivity contribution in [2.75, 3.05) is 12.4 Å². The molecule has 2 aromatic carbocycles. The van der Waals surface area contributed by atoms with Gasteiger partial charge in [-0.25, -0.2) is 9.97 Å². The van der Waals surface area contributed by atoms with E-state index in [0.29, 0.717) is 23.1 Å². The Labute approximate surface area is 215 Å². The predicted octanol–water partition coefficient (Wildman–Crippen LogP) is 6.30. The van der Waals surface area contributed by atoms with Crippen LogP contribution in [0.1, 0.15) is 22.4 Å². The lowest BCUT2D eigenvalue weighted by Gasteiger charge is -2.10. The fourth-order valence-corrected chi connectivity index (χ4v) is 4.17. The van der Waals surface area contributed by atoms with E-state index in [-0.39, 0.29) is 12.3 Å². The third kappa shape index (κ3) is 5.16. The Morgan fingerprint density at radius 3 is 2.49 bits per heavy atom. The van der Waals surface area contributed by atoms with Crippen molar-refractivity contribution in [2.45, 2.75) is 27.2 Å². The molecule has 7 nitrogen and oxygen atoms in total. The highest BCUT2D eigenvalue weighted by molar-refractivity contribution is 5.93. The molecule has 3 aromatic heterocycles. The molecule has 0 aliphatic heterocycles. The number of aryl methyl sites for hydroxylation is 3. The number of fused-ring (bicyclic) bond motifs is 1. The SMILES string of the molecule is COc1ccccc1Oc1ccc(NC(=O)Cc2c(-c3ccc(C)c(C)c3)nc3cc(C)ccn23)cn1. The first-order valence-electron chi connectivity index (χ1n) is 12.0. The molecule has 3 heterocycles. The number of carbonyl (C=O) groups excluding carboxylic acids is 1. The molecule has 1 amide bonds. The standard InChI is InChI=1S/C30H28N4O3/c1-19-13-14-34-24(30(33-27(34)15-19)22-10-9-20(2)21(3)16-22)17-28(35)32-23-11-12-29(31-18-23)37-26-8-6-5-7-25(26)36-4/h5-16,18H,17H2,1-4H3,(H,32,35). The Hall–Kier alpha value is -4.65. The van der Waals surface area contributed by atoms with E-state index in [4.69, 9.17) is 14.5 Å². The summed E-state index contributed by atoms with van der Waals surface area (Å²) in [5.74, 6) is 1.42. The second kappa shape index (κ2) is 10.1. The van der Waals surface area contributed by atoms with E-state index >= 15 is 0 Å². The van der Waals surface area contributed by atoms with Crippen LogP contribution >= 0.6 is 0 Å². The molecule has 0 fully saturated rings. The molecule has 1 N–H and O–H groups in total. The highest BCUT2D eigenvalue weighted by Crippen LogP contribution is 2.31. The normalized spacial score (nSPS) is 10.9. The zero-order chi connectivity index (χ0) is 25.9. The first kappa shape index (κ1) is 24.1. The molecular formula is C30H28N4O3. The lowest BCUT2D eigenvalue weighted by Crippen LogP contribution is -2.16. The number of aromatic nitrogens is 3. The van der Waals surface area contributed by atoms with E-state index in [1.807, 2.05) is 47.9 Å². The zero-order valence-electron chi connectivity index (χ0n) is 21.3. The highest BCUT2D eigenvalue weighted by atomic mass is 16.5. The van der Waals surface area contributed by atoms with Gasteiger partial charge >= 0.3 is 0 Å². The number of hydrogen-bond acceptors (Lipinski definition) is 5. The first-order valence-corrected chi connectivity index (χ1v) is 12.0. The minimum atomic E-state index is -0.160. The fourth-order valence-electron chi connectivity index (χ4n) is 4.17. The Morgan fingerprint density at radius 1 is 0.946 bits per heavy atom. The number of pyridine rings is 2. The molecule has 0 radical (unpaired) electrons. The second-order valence-electron chi connectivity index (χ2n) is 9.00. The van der Waals surface area contributed by atoms with Gasteiger partial charge in [0.25, 0.3) is 0 Å². The molecular weight excluding hydrogens is 464 g/mol. The lowest BCUT2D eigenvalue weighted by atomic mass is 10.0. The topological polar surface area (TPSA) is 77.8 Å². The Balaban J connectivity index is 1.37. The second-order valence-corrected chi connectivity index (χ2v) is 9.00. The van der Waals surface area contributed by atoms with E-state index in [1.54, 1.807) is 31.5 Å². The fraction of sp³-hybridized carbons (Fsp3) is 0.167. The molecule has 0 unspecified atom stereocenters. The molecule has 0 aliphatic rings. The molecule has 0 atom stereocenters. The minimum absolute atomic E-state index is 0.159. The van der Waals surface area contributed by atoms with E-state index < -0.39 is 0 Å². The van der Waals surface area contributed by atoms with Crippen LogP contribution in [0, 0.1) is 20.8 Å². The van der Waals surface area contributed by atoms with Crippen molar-refractivity contribution in [3.8, 4) is 28.6 Å². The number of benzene rings is 2. The van der Waals surface area contributed by atoms with Crippen molar-refractivity contribution < 1.29 is 14.3 Å². The summed E-state index contributed by atoms with van der Waals surface area (Å²) in [4.78, 5) is 22.3. The van der Waals surface area contributed by atoms with Crippen LogP contribution in [-0.2, 0) is 11.2 Å². The van der Waals surface area contributed by atoms with Crippen molar-refractivity contribution >= 4 is 17.2 Å². The largest absolute Gasteiger partial charge is 0.493 e. The number of amides is 1. The average molecular weight is 493 g/mol. The summed E-state index contributed by atoms with van der Waals surface area (Å²) < 4.78 is 13.1. The number of carbonyl (C=O) groups is 1. The zero-order valence-corrected chi connectivity index (χ0v) is 21.3. The minimum Gasteiger partial charge on any atom is -0.493 e. The number of anilines is 1. The van der Waals surface area contributed by atoms with E-state index in [2.05, 4.69) is 42.3 Å². The van der Waals surface area contributed by atoms with Crippen LogP contribution in [0.2, 0.25) is 0 Å². The maximum Gasteiger partial charge on any atom is 0.230 e. The van der Waals surface area contributed by atoms with Gasteiger partial charge < -0.3 is 19.2 Å². The van der Waals surface area contributed by atoms with Crippen molar-refractivity contribution in [1.82, 2.24) is 14.4 Å². The number of nitrogens with zero attached hydrogens (tertiary/aromatic N) is 3. The number of imidazole rings is 1. The maximum atomic E-state index is 13.1. The van der Waals surface area contributed by atoms with E-state index in [0.717, 1.165) is 28.2 Å². The first-order chi connectivity index (χ1) is 17.9. The van der Waals surface area contributed by atoms with Crippen molar-refractivity contribution in [1.29, 1.82) is 0 Å². The predicted molar refractivity (Wildman–Crippen MR) is 144 cm³/mol. The molecule has 5 aromatic rings. The summed E-state index contributed by atoms with van der Waals surface area (Å²) in [5, 5.41) is 2.95. The Kier molecular flexibility index (Phi) is 6.60. The van der Waals surface area contributed by atoms with Crippen LogP contribution < -0.4 is 14.8 Å². The van der Waals surface area contributed by atoms with Crippen LogP contribution in [0.15, 0.2) is 79.1 Å². The van der Waals surface area contributed by atoms with Crippen LogP contribution in [0.4, 0.5) is 5.69 Å². The van der Waals surface area contributed by atoms with E-state index in [1.165, 1.54) is 11.1 Å². The molecule has 0 saturated heterocycles. The number of methoxy groups -OCH3 is 1. The third-order valence-corrected chi connectivity index (χ3v) is 6.29. The summed E-state index contributed by atoms with van der Waals surface area (Å²) in [6, 6.07) is 21.1.